The predicted molar refractivity (Wildman–Crippen MR) is 51.9 cm³/mol. The van der Waals surface area contributed by atoms with Crippen LogP contribution in [0.1, 0.15) is 5.56 Å². The van der Waals surface area contributed by atoms with Gasteiger partial charge in [0.05, 0.1) is 23.2 Å². The van der Waals surface area contributed by atoms with Crippen LogP contribution in [-0.4, -0.2) is 23.0 Å². The summed E-state index contributed by atoms with van der Waals surface area (Å²) in [4.78, 5) is 24.7. The Morgan fingerprint density at radius 3 is 2.87 bits per heavy atom. The molecule has 0 bridgehead atoms. The summed E-state index contributed by atoms with van der Waals surface area (Å²) in [6, 6.07) is 1.34. The van der Waals surface area contributed by atoms with Crippen LogP contribution >= 0.6 is 0 Å². The second kappa shape index (κ2) is 4.32. The van der Waals surface area contributed by atoms with Gasteiger partial charge in [0.1, 0.15) is 6.20 Å². The fourth-order valence-electron chi connectivity index (χ4n) is 1.02. The van der Waals surface area contributed by atoms with Crippen LogP contribution in [0.15, 0.2) is 25.0 Å². The minimum atomic E-state index is -0.704. The van der Waals surface area contributed by atoms with E-state index in [0.717, 1.165) is 6.20 Å². The third-order valence-electron chi connectivity index (χ3n) is 1.75. The van der Waals surface area contributed by atoms with E-state index < -0.39 is 10.9 Å². The van der Waals surface area contributed by atoms with Crippen LogP contribution in [0.2, 0.25) is 0 Å². The van der Waals surface area contributed by atoms with E-state index in [1.807, 2.05) is 0 Å². The lowest BCUT2D eigenvalue weighted by Crippen LogP contribution is -2.05. The minimum Gasteiger partial charge on any atom is -0.465 e. The molecule has 1 rings (SSSR count). The van der Waals surface area contributed by atoms with Gasteiger partial charge in [0.15, 0.2) is 0 Å². The summed E-state index contributed by atoms with van der Waals surface area (Å²) in [7, 11) is 1.18. The van der Waals surface area contributed by atoms with Crippen LogP contribution in [0.25, 0.3) is 5.57 Å². The highest BCUT2D eigenvalue weighted by atomic mass is 16.6. The van der Waals surface area contributed by atoms with E-state index in [1.54, 1.807) is 0 Å². The lowest BCUT2D eigenvalue weighted by molar-refractivity contribution is -0.385. The number of methoxy groups -OCH3 is 1. The van der Waals surface area contributed by atoms with Crippen LogP contribution in [-0.2, 0) is 9.53 Å². The number of pyridine rings is 1. The molecule has 1 aromatic heterocycles. The Hall–Kier alpha value is -2.24. The molecule has 0 aliphatic rings. The number of nitrogens with zero attached hydrogens (tertiary/aromatic N) is 2. The zero-order valence-corrected chi connectivity index (χ0v) is 7.97. The fourth-order valence-corrected chi connectivity index (χ4v) is 1.02. The maximum atomic E-state index is 11.1. The first-order chi connectivity index (χ1) is 7.07. The number of hydrogen-bond acceptors (Lipinski definition) is 5. The zero-order valence-electron chi connectivity index (χ0n) is 7.97. The average Bonchev–Trinajstić information content (AvgIpc) is 2.27. The Morgan fingerprint density at radius 2 is 2.33 bits per heavy atom. The normalized spacial score (nSPS) is 9.40. The van der Waals surface area contributed by atoms with Gasteiger partial charge in [0.25, 0.3) is 5.69 Å². The first-order valence-corrected chi connectivity index (χ1v) is 3.94. The highest BCUT2D eigenvalue weighted by molar-refractivity contribution is 6.16. The van der Waals surface area contributed by atoms with E-state index in [-0.39, 0.29) is 16.8 Å². The third kappa shape index (κ3) is 2.16. The number of rotatable bonds is 3. The molecule has 0 aliphatic carbocycles. The van der Waals surface area contributed by atoms with Gasteiger partial charge in [-0.2, -0.15) is 0 Å². The van der Waals surface area contributed by atoms with Crippen molar-refractivity contribution in [1.82, 2.24) is 4.98 Å². The molecule has 0 aromatic carbocycles. The first-order valence-electron chi connectivity index (χ1n) is 3.94. The van der Waals surface area contributed by atoms with Crippen LogP contribution in [0, 0.1) is 10.1 Å². The van der Waals surface area contributed by atoms with Crippen LogP contribution < -0.4 is 0 Å². The van der Waals surface area contributed by atoms with Crippen LogP contribution in [0.4, 0.5) is 5.69 Å². The minimum absolute atomic E-state index is 0.0633. The molecule has 78 valence electrons. The van der Waals surface area contributed by atoms with E-state index in [1.165, 1.54) is 19.4 Å². The van der Waals surface area contributed by atoms with Crippen LogP contribution in [0.5, 0.6) is 0 Å². The molecule has 0 atom stereocenters. The summed E-state index contributed by atoms with van der Waals surface area (Å²) in [6.45, 7) is 3.43. The van der Waals surface area contributed by atoms with Gasteiger partial charge in [-0.3, -0.25) is 15.1 Å². The molecule has 0 aliphatic heterocycles. The number of carbonyl (C=O) groups excluding carboxylic acids is 1. The van der Waals surface area contributed by atoms with Crippen molar-refractivity contribution in [1.29, 1.82) is 0 Å². The van der Waals surface area contributed by atoms with Gasteiger partial charge in [-0.15, -0.1) is 0 Å². The molecule has 0 unspecified atom stereocenters. The molecule has 1 heterocycles. The molecule has 0 radical (unpaired) electrons. The van der Waals surface area contributed by atoms with Gasteiger partial charge in [-0.05, 0) is 6.07 Å². The van der Waals surface area contributed by atoms with E-state index in [4.69, 9.17) is 0 Å². The fraction of sp³-hybridized carbons (Fsp3) is 0.111. The number of ether oxygens (including phenoxy) is 1. The summed E-state index contributed by atoms with van der Waals surface area (Å²) in [5.74, 6) is -0.704. The zero-order chi connectivity index (χ0) is 11.4. The van der Waals surface area contributed by atoms with Gasteiger partial charge in [0.2, 0.25) is 0 Å². The first kappa shape index (κ1) is 10.8. The second-order valence-corrected chi connectivity index (χ2v) is 2.62. The maximum absolute atomic E-state index is 11.1. The van der Waals surface area contributed by atoms with Crippen molar-refractivity contribution in [3.63, 3.8) is 0 Å². The molecule has 6 nitrogen and oxygen atoms in total. The number of carbonyl (C=O) groups is 1. The molecule has 1 aromatic rings. The standard InChI is InChI=1S/C9H8N2O4/c1-6(9(12)15-2)7-3-4-10-5-8(7)11(13)14/h3-5H,1H2,2H3. The summed E-state index contributed by atoms with van der Waals surface area (Å²) >= 11 is 0. The Balaban J connectivity index is 3.19. The van der Waals surface area contributed by atoms with Crippen molar-refractivity contribution < 1.29 is 14.5 Å². The van der Waals surface area contributed by atoms with E-state index in [9.17, 15) is 14.9 Å². The third-order valence-corrected chi connectivity index (χ3v) is 1.75. The van der Waals surface area contributed by atoms with Gasteiger partial charge < -0.3 is 4.74 Å². The monoisotopic (exact) mass is 208 g/mol. The van der Waals surface area contributed by atoms with Crippen molar-refractivity contribution in [2.45, 2.75) is 0 Å². The Bertz CT molecular complexity index is 428. The predicted octanol–water partition coefficient (Wildman–Crippen LogP) is 1.18. The van der Waals surface area contributed by atoms with Crippen LogP contribution in [0.3, 0.4) is 0 Å². The molecule has 6 heteroatoms. The highest BCUT2D eigenvalue weighted by Gasteiger charge is 2.20. The quantitative estimate of drug-likeness (QED) is 0.322. The van der Waals surface area contributed by atoms with Crippen molar-refractivity contribution in [2.75, 3.05) is 7.11 Å². The lowest BCUT2D eigenvalue weighted by atomic mass is 10.1. The van der Waals surface area contributed by atoms with Crippen molar-refractivity contribution >= 4 is 17.2 Å². The van der Waals surface area contributed by atoms with Gasteiger partial charge >= 0.3 is 5.97 Å². The smallest absolute Gasteiger partial charge is 0.338 e. The number of hydrogen-bond donors (Lipinski definition) is 0. The summed E-state index contributed by atoms with van der Waals surface area (Å²) in [6.07, 6.45) is 2.40. The number of esters is 1. The summed E-state index contributed by atoms with van der Waals surface area (Å²) in [5, 5.41) is 10.6. The SMILES string of the molecule is C=C(C(=O)OC)c1ccncc1[N+](=O)[O-]. The molecule has 0 spiro atoms. The summed E-state index contributed by atoms with van der Waals surface area (Å²) in [5.41, 5.74) is -0.221. The maximum Gasteiger partial charge on any atom is 0.338 e. The second-order valence-electron chi connectivity index (χ2n) is 2.62. The van der Waals surface area contributed by atoms with E-state index >= 15 is 0 Å². The summed E-state index contributed by atoms with van der Waals surface area (Å²) < 4.78 is 4.42. The molecular formula is C9H8N2O4. The molecule has 0 amide bonds. The van der Waals surface area contributed by atoms with Gasteiger partial charge in [0, 0.05) is 6.20 Å². The Kier molecular flexibility index (Phi) is 3.12. The molecule has 0 saturated heterocycles. The molecule has 0 fully saturated rings. The largest absolute Gasteiger partial charge is 0.465 e. The van der Waals surface area contributed by atoms with E-state index in [2.05, 4.69) is 16.3 Å². The highest BCUT2D eigenvalue weighted by Crippen LogP contribution is 2.23. The van der Waals surface area contributed by atoms with Gasteiger partial charge in [-0.25, -0.2) is 4.79 Å². The lowest BCUT2D eigenvalue weighted by Gasteiger charge is -2.03. The van der Waals surface area contributed by atoms with Crippen molar-refractivity contribution in [3.05, 3.63) is 40.7 Å². The molecule has 0 N–H and O–H groups in total. The molecule has 15 heavy (non-hydrogen) atoms. The molecule has 0 saturated carbocycles. The average molecular weight is 208 g/mol. The van der Waals surface area contributed by atoms with Crippen molar-refractivity contribution in [3.8, 4) is 0 Å². The van der Waals surface area contributed by atoms with Crippen molar-refractivity contribution in [2.24, 2.45) is 0 Å². The Morgan fingerprint density at radius 1 is 1.67 bits per heavy atom. The Labute approximate surface area is 85.3 Å². The topological polar surface area (TPSA) is 82.3 Å². The number of aromatic nitrogens is 1. The van der Waals surface area contributed by atoms with E-state index in [0.29, 0.717) is 0 Å². The van der Waals surface area contributed by atoms with Gasteiger partial charge in [-0.1, -0.05) is 6.58 Å². The number of nitro groups is 1. The molecular weight excluding hydrogens is 200 g/mol.